The molecule has 2 aromatic rings. The minimum Gasteiger partial charge on any atom is -0.383 e. The van der Waals surface area contributed by atoms with Crippen LogP contribution < -0.4 is 10.2 Å². The second kappa shape index (κ2) is 6.79. The molecule has 0 bridgehead atoms. The van der Waals surface area contributed by atoms with Crippen molar-refractivity contribution in [2.75, 3.05) is 51.1 Å². The number of ether oxygens (including phenoxy) is 1. The number of fused-ring (bicyclic) bond motifs is 2. The van der Waals surface area contributed by atoms with Gasteiger partial charge in [0.2, 0.25) is 0 Å². The van der Waals surface area contributed by atoms with E-state index in [-0.39, 0.29) is 17.8 Å². The van der Waals surface area contributed by atoms with E-state index in [2.05, 4.69) is 10.2 Å². The van der Waals surface area contributed by atoms with Gasteiger partial charge < -0.3 is 19.9 Å². The molecule has 0 saturated carbocycles. The molecule has 1 N–H and O–H groups in total. The van der Waals surface area contributed by atoms with Crippen molar-refractivity contribution in [3.8, 4) is 0 Å². The number of nitrogens with zero attached hydrogens (tertiary/aromatic N) is 2. The third kappa shape index (κ3) is 3.11. The van der Waals surface area contributed by atoms with Crippen LogP contribution in [-0.4, -0.2) is 63.5 Å². The number of carbonyl (C=O) groups is 2. The average molecular weight is 365 g/mol. The first kappa shape index (κ1) is 17.7. The van der Waals surface area contributed by atoms with E-state index >= 15 is 0 Å². The maximum atomic E-state index is 13.3. The first-order valence-corrected chi connectivity index (χ1v) is 9.07. The lowest BCUT2D eigenvalue weighted by Crippen LogP contribution is -2.29. The van der Waals surface area contributed by atoms with Gasteiger partial charge >= 0.3 is 0 Å². The molecule has 0 spiro atoms. The van der Waals surface area contributed by atoms with Gasteiger partial charge in [-0.05, 0) is 26.2 Å². The van der Waals surface area contributed by atoms with Crippen LogP contribution in [-0.2, 0) is 4.74 Å². The highest BCUT2D eigenvalue weighted by Crippen LogP contribution is 2.39. The molecule has 1 aliphatic heterocycles. The molecule has 6 nitrogen and oxygen atoms in total. The molecule has 1 heterocycles. The van der Waals surface area contributed by atoms with Gasteiger partial charge in [-0.1, -0.05) is 24.3 Å². The summed E-state index contributed by atoms with van der Waals surface area (Å²) in [6.45, 7) is 2.14. The van der Waals surface area contributed by atoms with Crippen LogP contribution in [0.25, 0.3) is 0 Å². The van der Waals surface area contributed by atoms with E-state index in [1.165, 1.54) is 0 Å². The van der Waals surface area contributed by atoms with Crippen LogP contribution in [0.15, 0.2) is 36.4 Å². The van der Waals surface area contributed by atoms with Gasteiger partial charge in [0.05, 0.1) is 23.4 Å². The molecule has 4 rings (SSSR count). The standard InChI is InChI=1S/C21H23N3O3/c1-23(2)11-10-22-15-8-9-16(24(3)17-12-27-17)19-18(15)20(25)13-6-4-5-7-14(13)21(19)26/h4-9,17,22H,10-12H2,1-3H3/t17-/m0/s1. The van der Waals surface area contributed by atoms with Gasteiger partial charge in [0.15, 0.2) is 17.8 Å². The van der Waals surface area contributed by atoms with Crippen molar-refractivity contribution in [3.63, 3.8) is 0 Å². The first-order chi connectivity index (χ1) is 13.0. The summed E-state index contributed by atoms with van der Waals surface area (Å²) in [6.07, 6.45) is -0.0401. The van der Waals surface area contributed by atoms with E-state index in [1.54, 1.807) is 24.3 Å². The van der Waals surface area contributed by atoms with Gasteiger partial charge in [-0.3, -0.25) is 9.59 Å². The van der Waals surface area contributed by atoms with Crippen LogP contribution in [0.4, 0.5) is 11.4 Å². The lowest BCUT2D eigenvalue weighted by atomic mass is 9.82. The molecule has 27 heavy (non-hydrogen) atoms. The summed E-state index contributed by atoms with van der Waals surface area (Å²) in [7, 11) is 5.89. The molecule has 2 aromatic carbocycles. The Morgan fingerprint density at radius 1 is 1.00 bits per heavy atom. The summed E-state index contributed by atoms with van der Waals surface area (Å²) in [5, 5.41) is 3.33. The maximum Gasteiger partial charge on any atom is 0.196 e. The van der Waals surface area contributed by atoms with E-state index in [9.17, 15) is 9.59 Å². The fourth-order valence-corrected chi connectivity index (χ4v) is 3.48. The number of hydrogen-bond acceptors (Lipinski definition) is 6. The Balaban J connectivity index is 1.83. The highest BCUT2D eigenvalue weighted by Gasteiger charge is 2.37. The van der Waals surface area contributed by atoms with Gasteiger partial charge in [0.25, 0.3) is 0 Å². The highest BCUT2D eigenvalue weighted by molar-refractivity contribution is 6.32. The molecular formula is C21H23N3O3. The minimum atomic E-state index is -0.112. The number of anilines is 2. The number of benzene rings is 2. The Labute approximate surface area is 158 Å². The highest BCUT2D eigenvalue weighted by atomic mass is 16.6. The van der Waals surface area contributed by atoms with Crippen molar-refractivity contribution in [2.24, 2.45) is 0 Å². The molecule has 0 aromatic heterocycles. The summed E-state index contributed by atoms with van der Waals surface area (Å²) in [5.41, 5.74) is 3.29. The SMILES string of the molecule is CN(C)CCNc1ccc(N(C)[C@@H]2CO2)c2c1C(=O)c1ccccc1C2=O. The van der Waals surface area contributed by atoms with E-state index < -0.39 is 0 Å². The molecule has 0 unspecified atom stereocenters. The van der Waals surface area contributed by atoms with E-state index in [1.807, 2.05) is 38.2 Å². The second-order valence-electron chi connectivity index (χ2n) is 7.22. The van der Waals surface area contributed by atoms with Gasteiger partial charge in [0, 0.05) is 37.0 Å². The monoisotopic (exact) mass is 365 g/mol. The Morgan fingerprint density at radius 2 is 1.63 bits per heavy atom. The van der Waals surface area contributed by atoms with Crippen LogP contribution in [0.5, 0.6) is 0 Å². The van der Waals surface area contributed by atoms with Crippen LogP contribution in [0.1, 0.15) is 31.8 Å². The topological polar surface area (TPSA) is 65.2 Å². The maximum absolute atomic E-state index is 13.3. The molecule has 0 amide bonds. The Hall–Kier alpha value is -2.70. The number of nitrogens with one attached hydrogen (secondary N) is 1. The number of ketones is 2. The van der Waals surface area contributed by atoms with Crippen molar-refractivity contribution in [1.82, 2.24) is 4.90 Å². The summed E-state index contributed by atoms with van der Waals surface area (Å²) in [6, 6.07) is 10.8. The zero-order valence-electron chi connectivity index (χ0n) is 15.8. The van der Waals surface area contributed by atoms with Crippen LogP contribution in [0, 0.1) is 0 Å². The smallest absolute Gasteiger partial charge is 0.196 e. The number of likely N-dealkylation sites (N-methyl/N-ethyl adjacent to an activating group) is 2. The number of rotatable bonds is 6. The third-order valence-electron chi connectivity index (χ3n) is 5.06. The number of hydrogen-bond donors (Lipinski definition) is 1. The minimum absolute atomic E-state index is 0.0401. The van der Waals surface area contributed by atoms with Crippen LogP contribution in [0.2, 0.25) is 0 Å². The van der Waals surface area contributed by atoms with Gasteiger partial charge in [0.1, 0.15) is 0 Å². The predicted octanol–water partition coefficient (Wildman–Crippen LogP) is 2.23. The molecule has 0 radical (unpaired) electrons. The summed E-state index contributed by atoms with van der Waals surface area (Å²) < 4.78 is 5.38. The molecule has 1 saturated heterocycles. The zero-order chi connectivity index (χ0) is 19.1. The Bertz CT molecular complexity index is 919. The zero-order valence-corrected chi connectivity index (χ0v) is 15.8. The molecule has 1 atom stereocenters. The summed E-state index contributed by atoms with van der Waals surface area (Å²) in [4.78, 5) is 30.6. The molecule has 1 fully saturated rings. The normalized spacial score (nSPS) is 17.6. The van der Waals surface area contributed by atoms with E-state index in [0.717, 1.165) is 12.2 Å². The molecular weight excluding hydrogens is 342 g/mol. The van der Waals surface area contributed by atoms with Crippen molar-refractivity contribution in [2.45, 2.75) is 6.23 Å². The number of carbonyl (C=O) groups excluding carboxylic acids is 2. The van der Waals surface area contributed by atoms with Crippen LogP contribution in [0.3, 0.4) is 0 Å². The molecule has 1 aliphatic carbocycles. The van der Waals surface area contributed by atoms with E-state index in [0.29, 0.717) is 41.1 Å². The second-order valence-corrected chi connectivity index (χ2v) is 7.22. The van der Waals surface area contributed by atoms with E-state index in [4.69, 9.17) is 4.74 Å². The van der Waals surface area contributed by atoms with Gasteiger partial charge in [-0.25, -0.2) is 0 Å². The Morgan fingerprint density at radius 3 is 2.22 bits per heavy atom. The fourth-order valence-electron chi connectivity index (χ4n) is 3.48. The lowest BCUT2D eigenvalue weighted by molar-refractivity contribution is 0.0980. The lowest BCUT2D eigenvalue weighted by Gasteiger charge is -2.27. The van der Waals surface area contributed by atoms with Crippen molar-refractivity contribution in [3.05, 3.63) is 58.7 Å². The van der Waals surface area contributed by atoms with Crippen LogP contribution >= 0.6 is 0 Å². The number of epoxide rings is 1. The largest absolute Gasteiger partial charge is 0.383 e. The average Bonchev–Trinajstić information content (AvgIpc) is 3.50. The predicted molar refractivity (Wildman–Crippen MR) is 105 cm³/mol. The van der Waals surface area contributed by atoms with Crippen molar-refractivity contribution < 1.29 is 14.3 Å². The van der Waals surface area contributed by atoms with Gasteiger partial charge in [-0.2, -0.15) is 0 Å². The third-order valence-corrected chi connectivity index (χ3v) is 5.06. The quantitative estimate of drug-likeness (QED) is 0.676. The molecule has 2 aliphatic rings. The summed E-state index contributed by atoms with van der Waals surface area (Å²) >= 11 is 0. The van der Waals surface area contributed by atoms with Gasteiger partial charge in [-0.15, -0.1) is 0 Å². The van der Waals surface area contributed by atoms with Crippen molar-refractivity contribution >= 4 is 22.9 Å². The van der Waals surface area contributed by atoms with Crippen molar-refractivity contribution in [1.29, 1.82) is 0 Å². The first-order valence-electron chi connectivity index (χ1n) is 9.07. The summed E-state index contributed by atoms with van der Waals surface area (Å²) in [5.74, 6) is -0.224. The Kier molecular flexibility index (Phi) is 4.45. The molecule has 6 heteroatoms. The molecule has 140 valence electrons. The fraction of sp³-hybridized carbons (Fsp3) is 0.333.